The number of nitrogens with zero attached hydrogens (tertiary/aromatic N) is 1. The number of aromatic nitrogens is 1. The molecule has 0 saturated carbocycles. The van der Waals surface area contributed by atoms with Gasteiger partial charge in [-0.1, -0.05) is 6.07 Å². The molecule has 3 nitrogen and oxygen atoms in total. The Kier molecular flexibility index (Phi) is 2.82. The van der Waals surface area contributed by atoms with E-state index in [2.05, 4.69) is 34.9 Å². The number of aryl methyl sites for hydroxylation is 1. The molecule has 0 aliphatic heterocycles. The molecule has 2 aromatic rings. The standard InChI is InChI=1S/C15H17NO2/c1-11(17)18-10-12-5-6-15-13(8-12)9-14-4-2-3-7-16(14)15/h2-4,7,9,12H,5-6,8,10H2,1H3/t12-/m0/s1. The normalized spacial score (nSPS) is 18.6. The fraction of sp³-hybridized carbons (Fsp3) is 0.400. The molecular formula is C15H17NO2. The molecule has 1 aliphatic carbocycles. The molecule has 1 aliphatic rings. The molecule has 0 spiro atoms. The van der Waals surface area contributed by atoms with Crippen LogP contribution in [0.25, 0.3) is 5.52 Å². The topological polar surface area (TPSA) is 30.7 Å². The number of fused-ring (bicyclic) bond motifs is 3. The number of ether oxygens (including phenoxy) is 1. The van der Waals surface area contributed by atoms with Crippen molar-refractivity contribution in [2.75, 3.05) is 6.61 Å². The van der Waals surface area contributed by atoms with E-state index in [0.29, 0.717) is 12.5 Å². The van der Waals surface area contributed by atoms with Crippen molar-refractivity contribution in [3.8, 4) is 0 Å². The van der Waals surface area contributed by atoms with Gasteiger partial charge in [0.05, 0.1) is 6.61 Å². The van der Waals surface area contributed by atoms with Crippen molar-refractivity contribution in [3.63, 3.8) is 0 Å². The SMILES string of the molecule is CC(=O)OC[C@H]1CCc2c(cc3ccccn23)C1. The van der Waals surface area contributed by atoms with Crippen molar-refractivity contribution in [2.24, 2.45) is 5.92 Å². The zero-order chi connectivity index (χ0) is 12.5. The summed E-state index contributed by atoms with van der Waals surface area (Å²) >= 11 is 0. The van der Waals surface area contributed by atoms with Crippen LogP contribution in [0, 0.1) is 5.92 Å². The summed E-state index contributed by atoms with van der Waals surface area (Å²) in [6.07, 6.45) is 5.31. The molecular weight excluding hydrogens is 226 g/mol. The van der Waals surface area contributed by atoms with Crippen molar-refractivity contribution >= 4 is 11.5 Å². The molecule has 0 amide bonds. The van der Waals surface area contributed by atoms with Crippen LogP contribution in [-0.4, -0.2) is 17.0 Å². The van der Waals surface area contributed by atoms with Crippen molar-refractivity contribution in [2.45, 2.75) is 26.2 Å². The maximum absolute atomic E-state index is 10.8. The molecule has 94 valence electrons. The highest BCUT2D eigenvalue weighted by Crippen LogP contribution is 2.28. The molecule has 3 rings (SSSR count). The van der Waals surface area contributed by atoms with Gasteiger partial charge in [0.25, 0.3) is 0 Å². The van der Waals surface area contributed by atoms with Crippen LogP contribution in [0.3, 0.4) is 0 Å². The molecule has 3 heteroatoms. The summed E-state index contributed by atoms with van der Waals surface area (Å²) in [6, 6.07) is 8.53. The van der Waals surface area contributed by atoms with Crippen molar-refractivity contribution < 1.29 is 9.53 Å². The number of hydrogen-bond donors (Lipinski definition) is 0. The number of hydrogen-bond acceptors (Lipinski definition) is 2. The highest BCUT2D eigenvalue weighted by Gasteiger charge is 2.22. The summed E-state index contributed by atoms with van der Waals surface area (Å²) in [7, 11) is 0. The first-order valence-electron chi connectivity index (χ1n) is 6.45. The average molecular weight is 243 g/mol. The van der Waals surface area contributed by atoms with E-state index in [1.165, 1.54) is 23.7 Å². The first kappa shape index (κ1) is 11.3. The van der Waals surface area contributed by atoms with Gasteiger partial charge >= 0.3 is 5.97 Å². The van der Waals surface area contributed by atoms with Gasteiger partial charge in [-0.25, -0.2) is 0 Å². The molecule has 0 saturated heterocycles. The van der Waals surface area contributed by atoms with E-state index in [1.807, 2.05) is 0 Å². The second-order valence-electron chi connectivity index (χ2n) is 5.02. The first-order valence-corrected chi connectivity index (χ1v) is 6.45. The lowest BCUT2D eigenvalue weighted by Gasteiger charge is -2.22. The molecule has 1 atom stereocenters. The van der Waals surface area contributed by atoms with E-state index in [9.17, 15) is 4.79 Å². The van der Waals surface area contributed by atoms with Crippen LogP contribution in [-0.2, 0) is 22.4 Å². The lowest BCUT2D eigenvalue weighted by molar-refractivity contribution is -0.142. The first-order chi connectivity index (χ1) is 8.74. The third kappa shape index (κ3) is 2.01. The minimum Gasteiger partial charge on any atom is -0.466 e. The third-order valence-electron chi connectivity index (χ3n) is 3.70. The van der Waals surface area contributed by atoms with Gasteiger partial charge in [0.2, 0.25) is 0 Å². The second kappa shape index (κ2) is 4.48. The smallest absolute Gasteiger partial charge is 0.302 e. The molecule has 0 N–H and O–H groups in total. The van der Waals surface area contributed by atoms with Gasteiger partial charge < -0.3 is 9.14 Å². The monoisotopic (exact) mass is 243 g/mol. The van der Waals surface area contributed by atoms with Crippen LogP contribution in [0.15, 0.2) is 30.5 Å². The zero-order valence-corrected chi connectivity index (χ0v) is 10.6. The Morgan fingerprint density at radius 3 is 3.22 bits per heavy atom. The Labute approximate surface area is 106 Å². The summed E-state index contributed by atoms with van der Waals surface area (Å²) in [4.78, 5) is 10.8. The fourth-order valence-electron chi connectivity index (χ4n) is 2.83. The average Bonchev–Trinajstić information content (AvgIpc) is 2.73. The van der Waals surface area contributed by atoms with Gasteiger partial charge in [-0.2, -0.15) is 0 Å². The van der Waals surface area contributed by atoms with Gasteiger partial charge in [0, 0.05) is 24.3 Å². The van der Waals surface area contributed by atoms with E-state index in [4.69, 9.17) is 4.74 Å². The fourth-order valence-corrected chi connectivity index (χ4v) is 2.83. The number of rotatable bonds is 2. The Morgan fingerprint density at radius 1 is 1.50 bits per heavy atom. The Hall–Kier alpha value is -1.77. The summed E-state index contributed by atoms with van der Waals surface area (Å²) in [5.74, 6) is 0.293. The summed E-state index contributed by atoms with van der Waals surface area (Å²) in [5.41, 5.74) is 4.09. The molecule has 0 unspecified atom stereocenters. The number of carbonyl (C=O) groups is 1. The largest absolute Gasteiger partial charge is 0.466 e. The minimum atomic E-state index is -0.178. The minimum absolute atomic E-state index is 0.178. The van der Waals surface area contributed by atoms with E-state index < -0.39 is 0 Å². The van der Waals surface area contributed by atoms with E-state index in [0.717, 1.165) is 19.3 Å². The van der Waals surface area contributed by atoms with Gasteiger partial charge in [-0.05, 0) is 48.9 Å². The van der Waals surface area contributed by atoms with Crippen LogP contribution in [0.2, 0.25) is 0 Å². The van der Waals surface area contributed by atoms with Crippen LogP contribution in [0.4, 0.5) is 0 Å². The highest BCUT2D eigenvalue weighted by molar-refractivity contribution is 5.65. The highest BCUT2D eigenvalue weighted by atomic mass is 16.5. The molecule has 0 aromatic carbocycles. The van der Waals surface area contributed by atoms with Gasteiger partial charge in [0.15, 0.2) is 0 Å². The van der Waals surface area contributed by atoms with Crippen molar-refractivity contribution in [1.29, 1.82) is 0 Å². The van der Waals surface area contributed by atoms with Gasteiger partial charge in [-0.3, -0.25) is 4.79 Å². The Balaban J connectivity index is 1.82. The van der Waals surface area contributed by atoms with Gasteiger partial charge in [-0.15, -0.1) is 0 Å². The molecule has 2 heterocycles. The second-order valence-corrected chi connectivity index (χ2v) is 5.02. The van der Waals surface area contributed by atoms with E-state index in [-0.39, 0.29) is 5.97 Å². The lowest BCUT2D eigenvalue weighted by atomic mass is 9.88. The molecule has 0 bridgehead atoms. The number of pyridine rings is 1. The molecule has 0 radical (unpaired) electrons. The van der Waals surface area contributed by atoms with Crippen LogP contribution >= 0.6 is 0 Å². The summed E-state index contributed by atoms with van der Waals surface area (Å²) in [6.45, 7) is 2.03. The lowest BCUT2D eigenvalue weighted by Crippen LogP contribution is -2.20. The van der Waals surface area contributed by atoms with Crippen molar-refractivity contribution in [3.05, 3.63) is 41.7 Å². The van der Waals surface area contributed by atoms with Gasteiger partial charge in [0.1, 0.15) is 0 Å². The van der Waals surface area contributed by atoms with Crippen LogP contribution in [0.5, 0.6) is 0 Å². The third-order valence-corrected chi connectivity index (χ3v) is 3.70. The van der Waals surface area contributed by atoms with Crippen molar-refractivity contribution in [1.82, 2.24) is 4.40 Å². The molecule has 18 heavy (non-hydrogen) atoms. The summed E-state index contributed by atoms with van der Waals surface area (Å²) < 4.78 is 7.40. The van der Waals surface area contributed by atoms with Crippen LogP contribution in [0.1, 0.15) is 24.6 Å². The van der Waals surface area contributed by atoms with Crippen LogP contribution < -0.4 is 0 Å². The number of esters is 1. The predicted octanol–water partition coefficient (Wildman–Crippen LogP) is 2.61. The maximum Gasteiger partial charge on any atom is 0.302 e. The van der Waals surface area contributed by atoms with E-state index >= 15 is 0 Å². The molecule has 2 aromatic heterocycles. The molecule has 0 fully saturated rings. The predicted molar refractivity (Wildman–Crippen MR) is 69.5 cm³/mol. The zero-order valence-electron chi connectivity index (χ0n) is 10.6. The Bertz CT molecular complexity index is 585. The quantitative estimate of drug-likeness (QED) is 0.759. The van der Waals surface area contributed by atoms with E-state index in [1.54, 1.807) is 0 Å². The number of carbonyl (C=O) groups excluding carboxylic acids is 1. The maximum atomic E-state index is 10.8. The Morgan fingerprint density at radius 2 is 2.39 bits per heavy atom. The summed E-state index contributed by atoms with van der Waals surface area (Å²) in [5, 5.41) is 0.